The first-order valence-electron chi connectivity index (χ1n) is 6.95. The number of aryl methyl sites for hydroxylation is 1. The van der Waals surface area contributed by atoms with Gasteiger partial charge in [0.1, 0.15) is 0 Å². The molecule has 0 spiro atoms. The highest BCUT2D eigenvalue weighted by molar-refractivity contribution is 5.63. The number of para-hydroxylation sites is 1. The summed E-state index contributed by atoms with van der Waals surface area (Å²) in [5.41, 5.74) is 6.95. The van der Waals surface area contributed by atoms with E-state index in [-0.39, 0.29) is 0 Å². The first-order chi connectivity index (χ1) is 9.33. The van der Waals surface area contributed by atoms with E-state index in [9.17, 15) is 0 Å². The molecule has 0 radical (unpaired) electrons. The van der Waals surface area contributed by atoms with E-state index in [1.54, 1.807) is 0 Å². The Morgan fingerprint density at radius 2 is 1.89 bits per heavy atom. The second-order valence-corrected chi connectivity index (χ2v) is 5.03. The van der Waals surface area contributed by atoms with Gasteiger partial charge in [0, 0.05) is 31.5 Å². The van der Waals surface area contributed by atoms with Gasteiger partial charge in [-0.2, -0.15) is 0 Å². The van der Waals surface area contributed by atoms with E-state index in [1.165, 1.54) is 28.1 Å². The fraction of sp³-hybridized carbons (Fsp3) is 0.294. The Bertz CT molecular complexity index is 590. The molecule has 2 nitrogen and oxygen atoms in total. The summed E-state index contributed by atoms with van der Waals surface area (Å²) in [5.74, 6) is 0. The summed E-state index contributed by atoms with van der Waals surface area (Å²) < 4.78 is 0. The van der Waals surface area contributed by atoms with Crippen LogP contribution in [-0.2, 0) is 19.5 Å². The van der Waals surface area contributed by atoms with Crippen LogP contribution in [0.3, 0.4) is 0 Å². The predicted octanol–water partition coefficient (Wildman–Crippen LogP) is 3.81. The molecule has 2 aromatic rings. The quantitative estimate of drug-likeness (QED) is 0.893. The highest BCUT2D eigenvalue weighted by Gasteiger charge is 2.22. The van der Waals surface area contributed by atoms with Crippen LogP contribution in [0.15, 0.2) is 42.5 Å². The summed E-state index contributed by atoms with van der Waals surface area (Å²) in [6, 6.07) is 15.3. The van der Waals surface area contributed by atoms with Crippen molar-refractivity contribution in [1.82, 2.24) is 0 Å². The lowest BCUT2D eigenvalue weighted by Crippen LogP contribution is -2.16. The van der Waals surface area contributed by atoms with Gasteiger partial charge in [0.2, 0.25) is 0 Å². The highest BCUT2D eigenvalue weighted by Crippen LogP contribution is 2.34. The lowest BCUT2D eigenvalue weighted by Gasteiger charge is -2.21. The maximum atomic E-state index is 3.30. The number of benzene rings is 2. The van der Waals surface area contributed by atoms with E-state index >= 15 is 0 Å². The standard InChI is InChI=1S/C17H20N2/c1-3-13-7-4-5-10-17(13)19-11-14-8-6-9-16(18-2)15(14)12-19/h4-10,18H,3,11-12H2,1-2H3. The van der Waals surface area contributed by atoms with Gasteiger partial charge >= 0.3 is 0 Å². The fourth-order valence-corrected chi connectivity index (χ4v) is 2.94. The average Bonchev–Trinajstić information content (AvgIpc) is 2.90. The molecular formula is C17H20N2. The predicted molar refractivity (Wildman–Crippen MR) is 81.7 cm³/mol. The van der Waals surface area contributed by atoms with Gasteiger partial charge in [0.05, 0.1) is 0 Å². The second-order valence-electron chi connectivity index (χ2n) is 5.03. The van der Waals surface area contributed by atoms with E-state index in [0.29, 0.717) is 0 Å². The third-order valence-corrected chi connectivity index (χ3v) is 3.97. The molecule has 1 aliphatic heterocycles. The molecule has 2 aromatic carbocycles. The van der Waals surface area contributed by atoms with Crippen LogP contribution in [0.2, 0.25) is 0 Å². The van der Waals surface area contributed by atoms with Crippen LogP contribution >= 0.6 is 0 Å². The molecule has 0 unspecified atom stereocenters. The minimum absolute atomic E-state index is 1.00. The first-order valence-corrected chi connectivity index (χ1v) is 6.95. The number of nitrogens with one attached hydrogen (secondary N) is 1. The van der Waals surface area contributed by atoms with Gasteiger partial charge in [-0.1, -0.05) is 37.3 Å². The Morgan fingerprint density at radius 1 is 1.05 bits per heavy atom. The van der Waals surface area contributed by atoms with Crippen molar-refractivity contribution in [3.05, 3.63) is 59.2 Å². The van der Waals surface area contributed by atoms with E-state index in [2.05, 4.69) is 59.6 Å². The van der Waals surface area contributed by atoms with Crippen LogP contribution in [0.25, 0.3) is 0 Å². The van der Waals surface area contributed by atoms with Crippen molar-refractivity contribution in [3.63, 3.8) is 0 Å². The van der Waals surface area contributed by atoms with Crippen molar-refractivity contribution >= 4 is 11.4 Å². The zero-order valence-corrected chi connectivity index (χ0v) is 11.6. The van der Waals surface area contributed by atoms with Gasteiger partial charge in [0.15, 0.2) is 0 Å². The largest absolute Gasteiger partial charge is 0.388 e. The van der Waals surface area contributed by atoms with Crippen molar-refractivity contribution in [2.24, 2.45) is 0 Å². The van der Waals surface area contributed by atoms with Crippen molar-refractivity contribution in [3.8, 4) is 0 Å². The molecule has 0 saturated heterocycles. The molecule has 0 aliphatic carbocycles. The first kappa shape index (κ1) is 12.1. The number of nitrogens with zero attached hydrogens (tertiary/aromatic N) is 1. The maximum absolute atomic E-state index is 3.30. The molecule has 0 amide bonds. The molecule has 1 N–H and O–H groups in total. The van der Waals surface area contributed by atoms with Crippen LogP contribution in [0.1, 0.15) is 23.6 Å². The summed E-state index contributed by atoms with van der Waals surface area (Å²) >= 11 is 0. The van der Waals surface area contributed by atoms with Gasteiger partial charge in [0.25, 0.3) is 0 Å². The lowest BCUT2D eigenvalue weighted by atomic mass is 10.1. The van der Waals surface area contributed by atoms with Crippen molar-refractivity contribution in [1.29, 1.82) is 0 Å². The van der Waals surface area contributed by atoms with Crippen LogP contribution in [0, 0.1) is 0 Å². The topological polar surface area (TPSA) is 15.3 Å². The van der Waals surface area contributed by atoms with Gasteiger partial charge in [-0.15, -0.1) is 0 Å². The van der Waals surface area contributed by atoms with Crippen LogP contribution in [0.4, 0.5) is 11.4 Å². The summed E-state index contributed by atoms with van der Waals surface area (Å²) in [6.07, 6.45) is 1.09. The molecular weight excluding hydrogens is 232 g/mol. The fourth-order valence-electron chi connectivity index (χ4n) is 2.94. The van der Waals surface area contributed by atoms with E-state index in [0.717, 1.165) is 19.5 Å². The van der Waals surface area contributed by atoms with E-state index in [4.69, 9.17) is 0 Å². The normalized spacial score (nSPS) is 13.5. The molecule has 98 valence electrons. The molecule has 1 heterocycles. The number of anilines is 2. The summed E-state index contributed by atoms with van der Waals surface area (Å²) in [6.45, 7) is 4.24. The Balaban J connectivity index is 1.95. The van der Waals surface area contributed by atoms with Gasteiger partial charge in [-0.05, 0) is 35.2 Å². The minimum atomic E-state index is 1.00. The Kier molecular flexibility index (Phi) is 3.16. The Hall–Kier alpha value is -1.96. The van der Waals surface area contributed by atoms with Gasteiger partial charge in [-0.25, -0.2) is 0 Å². The Morgan fingerprint density at radius 3 is 2.68 bits per heavy atom. The lowest BCUT2D eigenvalue weighted by molar-refractivity contribution is 0.868. The van der Waals surface area contributed by atoms with E-state index < -0.39 is 0 Å². The zero-order valence-electron chi connectivity index (χ0n) is 11.6. The summed E-state index contributed by atoms with van der Waals surface area (Å²) in [7, 11) is 2.00. The molecule has 1 aliphatic rings. The average molecular weight is 252 g/mol. The SMILES string of the molecule is CCc1ccccc1N1Cc2cccc(NC)c2C1. The zero-order chi connectivity index (χ0) is 13.2. The summed E-state index contributed by atoms with van der Waals surface area (Å²) in [5, 5.41) is 3.30. The molecule has 0 saturated carbocycles. The van der Waals surface area contributed by atoms with Crippen molar-refractivity contribution in [2.45, 2.75) is 26.4 Å². The molecule has 3 rings (SSSR count). The van der Waals surface area contributed by atoms with Crippen LogP contribution < -0.4 is 10.2 Å². The van der Waals surface area contributed by atoms with Crippen LogP contribution in [-0.4, -0.2) is 7.05 Å². The minimum Gasteiger partial charge on any atom is -0.388 e. The summed E-state index contributed by atoms with van der Waals surface area (Å²) in [4.78, 5) is 2.48. The molecule has 0 aromatic heterocycles. The van der Waals surface area contributed by atoms with Crippen molar-refractivity contribution < 1.29 is 0 Å². The van der Waals surface area contributed by atoms with Gasteiger partial charge in [-0.3, -0.25) is 0 Å². The monoisotopic (exact) mass is 252 g/mol. The van der Waals surface area contributed by atoms with E-state index in [1.807, 2.05) is 7.05 Å². The molecule has 2 heteroatoms. The molecule has 0 fully saturated rings. The van der Waals surface area contributed by atoms with Crippen LogP contribution in [0.5, 0.6) is 0 Å². The number of rotatable bonds is 3. The second kappa shape index (κ2) is 4.96. The molecule has 19 heavy (non-hydrogen) atoms. The van der Waals surface area contributed by atoms with Gasteiger partial charge < -0.3 is 10.2 Å². The maximum Gasteiger partial charge on any atom is 0.0457 e. The number of hydrogen-bond acceptors (Lipinski definition) is 2. The highest BCUT2D eigenvalue weighted by atomic mass is 15.1. The third kappa shape index (κ3) is 2.07. The Labute approximate surface area is 115 Å². The molecule has 0 atom stereocenters. The smallest absolute Gasteiger partial charge is 0.0457 e. The molecule has 0 bridgehead atoms. The van der Waals surface area contributed by atoms with Crippen molar-refractivity contribution in [2.75, 3.05) is 17.3 Å². The third-order valence-electron chi connectivity index (χ3n) is 3.97. The number of hydrogen-bond donors (Lipinski definition) is 1. The number of fused-ring (bicyclic) bond motifs is 1.